The topological polar surface area (TPSA) is 81.0 Å². The van der Waals surface area contributed by atoms with Gasteiger partial charge in [0, 0.05) is 6.54 Å². The molecule has 0 aliphatic rings. The second-order valence-corrected chi connectivity index (χ2v) is 4.08. The van der Waals surface area contributed by atoms with Crippen molar-refractivity contribution in [2.75, 3.05) is 11.9 Å². The number of rotatable bonds is 6. The van der Waals surface area contributed by atoms with E-state index in [2.05, 4.69) is 22.2 Å². The standard InChI is InChI=1S/C9H12Cl2N4O2/c1-2-3-4-5-12-9-13-7(10)6(15(16)17)8(11)14-9/h2-5H2,1H3,(H,12,13,14). The highest BCUT2D eigenvalue weighted by atomic mass is 35.5. The van der Waals surface area contributed by atoms with Crippen molar-refractivity contribution in [1.29, 1.82) is 0 Å². The Kier molecular flexibility index (Phi) is 5.37. The third-order valence-corrected chi connectivity index (χ3v) is 2.57. The molecule has 1 aromatic heterocycles. The van der Waals surface area contributed by atoms with Gasteiger partial charge in [-0.3, -0.25) is 10.1 Å². The molecule has 0 spiro atoms. The van der Waals surface area contributed by atoms with Crippen molar-refractivity contribution in [2.24, 2.45) is 0 Å². The van der Waals surface area contributed by atoms with Crippen molar-refractivity contribution in [2.45, 2.75) is 26.2 Å². The number of halogens is 2. The summed E-state index contributed by atoms with van der Waals surface area (Å²) in [6, 6.07) is 0. The quantitative estimate of drug-likeness (QED) is 0.374. The van der Waals surface area contributed by atoms with Gasteiger partial charge in [-0.15, -0.1) is 0 Å². The molecule has 0 aromatic carbocycles. The van der Waals surface area contributed by atoms with Crippen LogP contribution in [0.3, 0.4) is 0 Å². The molecule has 1 heterocycles. The predicted octanol–water partition coefficient (Wildman–Crippen LogP) is 3.29. The molecule has 1 aromatic rings. The zero-order valence-corrected chi connectivity index (χ0v) is 10.8. The Hall–Kier alpha value is -1.14. The molecule has 0 aliphatic heterocycles. The summed E-state index contributed by atoms with van der Waals surface area (Å²) >= 11 is 11.3. The average molecular weight is 279 g/mol. The van der Waals surface area contributed by atoms with Crippen LogP contribution in [-0.4, -0.2) is 21.4 Å². The fraction of sp³-hybridized carbons (Fsp3) is 0.556. The van der Waals surface area contributed by atoms with Gasteiger partial charge in [0.05, 0.1) is 4.92 Å². The van der Waals surface area contributed by atoms with Crippen LogP contribution in [0.4, 0.5) is 11.6 Å². The molecular weight excluding hydrogens is 267 g/mol. The van der Waals surface area contributed by atoms with Crippen molar-refractivity contribution in [1.82, 2.24) is 9.97 Å². The maximum Gasteiger partial charge on any atom is 0.343 e. The van der Waals surface area contributed by atoms with Crippen molar-refractivity contribution < 1.29 is 4.92 Å². The molecule has 0 saturated carbocycles. The molecule has 0 atom stereocenters. The molecule has 0 aliphatic carbocycles. The molecule has 0 fully saturated rings. The van der Waals surface area contributed by atoms with Gasteiger partial charge in [-0.1, -0.05) is 43.0 Å². The van der Waals surface area contributed by atoms with Gasteiger partial charge in [0.15, 0.2) is 0 Å². The smallest absolute Gasteiger partial charge is 0.343 e. The van der Waals surface area contributed by atoms with Gasteiger partial charge in [0.1, 0.15) is 0 Å². The highest BCUT2D eigenvalue weighted by Gasteiger charge is 2.21. The Bertz CT molecular complexity index is 391. The molecular formula is C9H12Cl2N4O2. The van der Waals surface area contributed by atoms with Crippen molar-refractivity contribution >= 4 is 34.8 Å². The second kappa shape index (κ2) is 6.56. The largest absolute Gasteiger partial charge is 0.354 e. The van der Waals surface area contributed by atoms with Crippen LogP contribution in [0.25, 0.3) is 0 Å². The molecule has 0 amide bonds. The van der Waals surface area contributed by atoms with Crippen LogP contribution < -0.4 is 5.32 Å². The van der Waals surface area contributed by atoms with Crippen molar-refractivity contribution in [3.63, 3.8) is 0 Å². The van der Waals surface area contributed by atoms with Crippen molar-refractivity contribution in [3.8, 4) is 0 Å². The molecule has 1 rings (SSSR count). The van der Waals surface area contributed by atoms with Gasteiger partial charge in [-0.05, 0) is 6.42 Å². The summed E-state index contributed by atoms with van der Waals surface area (Å²) in [5, 5.41) is 13.0. The van der Waals surface area contributed by atoms with Crippen LogP contribution in [0.1, 0.15) is 26.2 Å². The van der Waals surface area contributed by atoms with Crippen LogP contribution in [0.5, 0.6) is 0 Å². The lowest BCUT2D eigenvalue weighted by molar-refractivity contribution is -0.385. The van der Waals surface area contributed by atoms with Gasteiger partial charge in [0.2, 0.25) is 16.3 Å². The van der Waals surface area contributed by atoms with Crippen LogP contribution in [0, 0.1) is 10.1 Å². The first-order valence-electron chi connectivity index (χ1n) is 5.17. The third-order valence-electron chi connectivity index (χ3n) is 2.04. The van der Waals surface area contributed by atoms with E-state index in [0.717, 1.165) is 19.3 Å². The van der Waals surface area contributed by atoms with E-state index in [1.54, 1.807) is 0 Å². The summed E-state index contributed by atoms with van der Waals surface area (Å²) in [7, 11) is 0. The molecule has 0 radical (unpaired) electrons. The van der Waals surface area contributed by atoms with Crippen LogP contribution in [0.15, 0.2) is 0 Å². The minimum Gasteiger partial charge on any atom is -0.354 e. The first-order valence-corrected chi connectivity index (χ1v) is 5.93. The van der Waals surface area contributed by atoms with E-state index in [1.807, 2.05) is 0 Å². The number of nitrogens with one attached hydrogen (secondary N) is 1. The summed E-state index contributed by atoms with van der Waals surface area (Å²) < 4.78 is 0. The monoisotopic (exact) mass is 278 g/mol. The number of hydrogen-bond donors (Lipinski definition) is 1. The SMILES string of the molecule is CCCCCNc1nc(Cl)c([N+](=O)[O-])c(Cl)n1. The third kappa shape index (κ3) is 3.98. The Morgan fingerprint density at radius 3 is 2.35 bits per heavy atom. The number of anilines is 1. The molecule has 94 valence electrons. The summed E-state index contributed by atoms with van der Waals surface area (Å²) in [5.41, 5.74) is -0.465. The molecule has 6 nitrogen and oxygen atoms in total. The number of hydrogen-bond acceptors (Lipinski definition) is 5. The molecule has 0 saturated heterocycles. The lowest BCUT2D eigenvalue weighted by Crippen LogP contribution is -2.07. The average Bonchev–Trinajstić information content (AvgIpc) is 2.23. The Morgan fingerprint density at radius 2 is 1.88 bits per heavy atom. The van der Waals surface area contributed by atoms with E-state index in [1.165, 1.54) is 0 Å². The Morgan fingerprint density at radius 1 is 1.29 bits per heavy atom. The normalized spacial score (nSPS) is 10.3. The van der Waals surface area contributed by atoms with E-state index in [9.17, 15) is 10.1 Å². The predicted molar refractivity (Wildman–Crippen MR) is 66.7 cm³/mol. The van der Waals surface area contributed by atoms with E-state index < -0.39 is 10.6 Å². The van der Waals surface area contributed by atoms with Gasteiger partial charge < -0.3 is 5.32 Å². The first kappa shape index (κ1) is 13.9. The van der Waals surface area contributed by atoms with Gasteiger partial charge >= 0.3 is 5.69 Å². The maximum atomic E-state index is 10.6. The van der Waals surface area contributed by atoms with E-state index in [4.69, 9.17) is 23.2 Å². The highest BCUT2D eigenvalue weighted by Crippen LogP contribution is 2.30. The molecule has 0 unspecified atom stereocenters. The van der Waals surface area contributed by atoms with Crippen LogP contribution >= 0.6 is 23.2 Å². The highest BCUT2D eigenvalue weighted by molar-refractivity contribution is 6.36. The summed E-state index contributed by atoms with van der Waals surface area (Å²) in [6.07, 6.45) is 3.15. The number of nitro groups is 1. The second-order valence-electron chi connectivity index (χ2n) is 3.37. The summed E-state index contributed by atoms with van der Waals surface area (Å²) in [5.74, 6) is 0.210. The van der Waals surface area contributed by atoms with Crippen molar-refractivity contribution in [3.05, 3.63) is 20.4 Å². The van der Waals surface area contributed by atoms with Crippen LogP contribution in [-0.2, 0) is 0 Å². The number of unbranched alkanes of at least 4 members (excludes halogenated alkanes) is 2. The van der Waals surface area contributed by atoms with Crippen LogP contribution in [0.2, 0.25) is 10.3 Å². The Labute approximate surface area is 109 Å². The lowest BCUT2D eigenvalue weighted by atomic mass is 10.2. The zero-order chi connectivity index (χ0) is 12.8. The first-order chi connectivity index (χ1) is 8.06. The van der Waals surface area contributed by atoms with E-state index >= 15 is 0 Å². The molecule has 17 heavy (non-hydrogen) atoms. The maximum absolute atomic E-state index is 10.6. The van der Waals surface area contributed by atoms with E-state index in [0.29, 0.717) is 6.54 Å². The van der Waals surface area contributed by atoms with Gasteiger partial charge in [0.25, 0.3) is 0 Å². The molecule has 1 N–H and O–H groups in total. The van der Waals surface area contributed by atoms with E-state index in [-0.39, 0.29) is 16.3 Å². The number of nitrogens with zero attached hydrogens (tertiary/aromatic N) is 3. The fourth-order valence-electron chi connectivity index (χ4n) is 1.21. The minimum absolute atomic E-state index is 0.210. The molecule has 8 heteroatoms. The fourth-order valence-corrected chi connectivity index (χ4v) is 1.73. The number of aromatic nitrogens is 2. The summed E-state index contributed by atoms with van der Waals surface area (Å²) in [4.78, 5) is 17.4. The van der Waals surface area contributed by atoms with Gasteiger partial charge in [-0.25, -0.2) is 0 Å². The minimum atomic E-state index is -0.703. The summed E-state index contributed by atoms with van der Waals surface area (Å²) in [6.45, 7) is 2.77. The lowest BCUT2D eigenvalue weighted by Gasteiger charge is -2.05. The molecule has 0 bridgehead atoms. The zero-order valence-electron chi connectivity index (χ0n) is 9.24. The van der Waals surface area contributed by atoms with Gasteiger partial charge in [-0.2, -0.15) is 9.97 Å². The Balaban J connectivity index is 2.73.